The number of amidine groups is 1. The van der Waals surface area contributed by atoms with Gasteiger partial charge in [-0.05, 0) is 215 Å². The summed E-state index contributed by atoms with van der Waals surface area (Å²) in [5.74, 6) is -0.225. The number of carbonyl (C=O) groups is 4. The molecule has 6 aromatic carbocycles. The van der Waals surface area contributed by atoms with Crippen LogP contribution in [-0.2, 0) is 51.6 Å². The number of amides is 4. The van der Waals surface area contributed by atoms with E-state index in [2.05, 4.69) is 99.9 Å². The highest BCUT2D eigenvalue weighted by Crippen LogP contribution is 2.52. The molecule has 634 valence electrons. The molecule has 0 radical (unpaired) electrons. The molecule has 9 heterocycles. The van der Waals surface area contributed by atoms with Crippen LogP contribution in [-0.4, -0.2) is 107 Å². The van der Waals surface area contributed by atoms with Crippen LogP contribution in [0.25, 0.3) is 33.4 Å². The Balaban J connectivity index is 0.000000134. The van der Waals surface area contributed by atoms with Gasteiger partial charge in [0.2, 0.25) is 23.6 Å². The smallest absolute Gasteiger partial charge is 0.283 e. The number of nitrogens with zero attached hydrogens (tertiary/aromatic N) is 13. The maximum Gasteiger partial charge on any atom is 0.283 e. The normalized spacial score (nSPS) is 23.8. The number of nitrogens with two attached hydrogens (primary N) is 5. The van der Waals surface area contributed by atoms with Gasteiger partial charge in [-0.2, -0.15) is 29.8 Å². The van der Waals surface area contributed by atoms with Crippen LogP contribution in [0.1, 0.15) is 180 Å². The van der Waals surface area contributed by atoms with E-state index < -0.39 is 51.4 Å². The Morgan fingerprint density at radius 2 is 0.823 bits per heavy atom. The minimum absolute atomic E-state index is 0.0430. The zero-order valence-electron chi connectivity index (χ0n) is 70.2. The van der Waals surface area contributed by atoms with Crippen molar-refractivity contribution in [3.63, 3.8) is 0 Å². The molecule has 4 aromatic heterocycles. The van der Waals surface area contributed by atoms with Crippen molar-refractivity contribution in [1.82, 2.24) is 19.6 Å². The van der Waals surface area contributed by atoms with Crippen LogP contribution in [0, 0.1) is 67.4 Å². The van der Waals surface area contributed by atoms with Crippen LogP contribution in [0.3, 0.4) is 0 Å². The fourth-order valence-corrected chi connectivity index (χ4v) is 20.2. The van der Waals surface area contributed by atoms with E-state index >= 15 is 0 Å². The van der Waals surface area contributed by atoms with Crippen molar-refractivity contribution >= 4 is 110 Å². The number of rotatable bonds is 14. The first-order valence-electron chi connectivity index (χ1n) is 40.3. The van der Waals surface area contributed by atoms with Gasteiger partial charge >= 0.3 is 0 Å². The summed E-state index contributed by atoms with van der Waals surface area (Å²) < 4.78 is 34.5. The van der Waals surface area contributed by atoms with Crippen molar-refractivity contribution in [3.8, 4) is 57.7 Å². The highest BCUT2D eigenvalue weighted by molar-refractivity contribution is 7.13. The Kier molecular flexibility index (Phi) is 25.8. The van der Waals surface area contributed by atoms with Gasteiger partial charge < -0.3 is 33.4 Å². The fraction of sp³-hybridized carbons (Fsp3) is 0.309. The standard InChI is InChI=1S/2C21H22N4OS.2C18H17FN4OS.C16H15ClN2O/c2*1-3-25-19(26)18(15-8-6-14(7-9-15)13-4-5-13)21(2,24-20(25)23)17-11-10-16(12-22)27-17;2*1-10-16(24)23(3)17(21)22-18(10,2)14-8-13(15(19)25-14)12-6-4-5-11(7-12)9-20;1-16(10-20-15(18)19-16)13-6-2-4-11(8-13)12-5-3-7-14(17)9-12/h2*6-11,13,18H,3-5H2,1-2H3,(H2,23,24);2*4-8,10H,1-3H3,(H2,21,22);2-9H,10H2,1H3,(H2,18,19)/t18-,21+;18-,21-;10-,18+;10-,18-;/m0110./s1. The molecule has 2 fully saturated rings. The molecular formula is C94H93ClF2N18O5S4. The molecule has 10 aromatic rings. The minimum atomic E-state index is -0.926. The average molecular weight is 1760 g/mol. The zero-order chi connectivity index (χ0) is 89.2. The van der Waals surface area contributed by atoms with Crippen LogP contribution in [0.5, 0.6) is 0 Å². The SMILES string of the molecule is CC1(c2cccc(-c3cccc(Cl)c3)c2)COC(N)=N1.CCN1C(=O)[C@@H](c2ccc(C3CC3)cc2)[C@@](C)(c2ccc(C#N)s2)N=C1N.CCN1C(=O)[C@H](c2ccc(C3CC3)cc2)[C@@](C)(c2ccc(C#N)s2)N=C1N.C[C@@H]1C(=O)N(C)C(N)=N[C@]1(C)c1cc(-c2cccc(C#N)c2)c(F)s1.C[C@H]1C(=O)N(C)C(N)=N[C@]1(C)c1cc(-c2cccc(C#N)c2)c(F)s1. The molecule has 1 unspecified atom stereocenters. The van der Waals surface area contributed by atoms with Crippen molar-refractivity contribution in [2.45, 2.75) is 139 Å². The molecule has 2 aliphatic carbocycles. The number of carbonyl (C=O) groups excluding carboxylic acids is 4. The lowest BCUT2D eigenvalue weighted by Gasteiger charge is -2.41. The quantitative estimate of drug-likeness (QED) is 0.0676. The Morgan fingerprint density at radius 1 is 0.444 bits per heavy atom. The van der Waals surface area contributed by atoms with E-state index in [0.717, 1.165) is 65.3 Å². The second-order valence-corrected chi connectivity index (χ2v) is 36.9. The van der Waals surface area contributed by atoms with Crippen molar-refractivity contribution in [2.75, 3.05) is 33.8 Å². The van der Waals surface area contributed by atoms with Gasteiger partial charge in [0, 0.05) is 62.8 Å². The summed E-state index contributed by atoms with van der Waals surface area (Å²) in [5.41, 5.74) is 36.5. The maximum atomic E-state index is 14.6. The number of likely N-dealkylation sites (N-methyl/N-ethyl adjacent to an activating group) is 2. The highest BCUT2D eigenvalue weighted by Gasteiger charge is 2.52. The van der Waals surface area contributed by atoms with Crippen LogP contribution in [0.2, 0.25) is 5.02 Å². The molecule has 7 aliphatic rings. The Labute approximate surface area is 740 Å². The lowest BCUT2D eigenvalue weighted by Crippen LogP contribution is -2.53. The first kappa shape index (κ1) is 89.0. The van der Waals surface area contributed by atoms with E-state index in [9.17, 15) is 38.5 Å². The van der Waals surface area contributed by atoms with Crippen LogP contribution in [0.4, 0.5) is 8.78 Å². The molecule has 2 saturated carbocycles. The Bertz CT molecular complexity index is 5850. The van der Waals surface area contributed by atoms with Gasteiger partial charge in [-0.3, -0.25) is 38.8 Å². The maximum absolute atomic E-state index is 14.6. The van der Waals surface area contributed by atoms with Crippen molar-refractivity contribution in [2.24, 2.45) is 65.5 Å². The van der Waals surface area contributed by atoms with Crippen LogP contribution < -0.4 is 28.7 Å². The number of aliphatic imine (C=N–C) groups is 5. The van der Waals surface area contributed by atoms with E-state index in [1.54, 1.807) is 124 Å². The van der Waals surface area contributed by atoms with E-state index in [4.69, 9.17) is 65.5 Å². The number of benzene rings is 6. The summed E-state index contributed by atoms with van der Waals surface area (Å²) >= 11 is 10.7. The molecule has 5 aliphatic heterocycles. The third-order valence-electron chi connectivity index (χ3n) is 24.0. The van der Waals surface area contributed by atoms with Gasteiger partial charge in [-0.15, -0.1) is 45.3 Å². The second-order valence-electron chi connectivity index (χ2n) is 32.3. The molecular weight excluding hydrogens is 1660 g/mol. The lowest BCUT2D eigenvalue weighted by atomic mass is 9.77. The second kappa shape index (κ2) is 36.0. The Hall–Kier alpha value is -12.7. The first-order chi connectivity index (χ1) is 59.1. The van der Waals surface area contributed by atoms with Gasteiger partial charge in [-0.25, -0.2) is 25.0 Å². The van der Waals surface area contributed by atoms with Gasteiger partial charge in [0.25, 0.3) is 6.02 Å². The summed E-state index contributed by atoms with van der Waals surface area (Å²) in [5, 5.41) is 36.5. The number of thiophene rings is 4. The molecule has 0 bridgehead atoms. The molecule has 30 heteroatoms. The molecule has 17 rings (SSSR count). The number of hydrogen-bond acceptors (Lipinski definition) is 23. The van der Waals surface area contributed by atoms with E-state index in [1.165, 1.54) is 69.3 Å². The van der Waals surface area contributed by atoms with E-state index in [-0.39, 0.29) is 63.8 Å². The molecule has 0 saturated heterocycles. The van der Waals surface area contributed by atoms with Crippen molar-refractivity contribution < 1.29 is 32.7 Å². The topological polar surface area (TPSA) is 378 Å². The summed E-state index contributed by atoms with van der Waals surface area (Å²) in [4.78, 5) is 84.3. The lowest BCUT2D eigenvalue weighted by molar-refractivity contribution is -0.134. The van der Waals surface area contributed by atoms with E-state index in [0.29, 0.717) is 84.4 Å². The largest absolute Gasteiger partial charge is 0.462 e. The number of hydrogen-bond donors (Lipinski definition) is 5. The predicted molar refractivity (Wildman–Crippen MR) is 486 cm³/mol. The van der Waals surface area contributed by atoms with Gasteiger partial charge in [0.15, 0.2) is 34.1 Å². The molecule has 10 N–H and O–H groups in total. The average Bonchev–Trinajstić information content (AvgIpc) is 1.73. The molecule has 0 spiro atoms. The monoisotopic (exact) mass is 1750 g/mol. The molecule has 9 atom stereocenters. The van der Waals surface area contributed by atoms with Crippen LogP contribution >= 0.6 is 56.9 Å². The summed E-state index contributed by atoms with van der Waals surface area (Å²) in [6, 6.07) is 65.7. The minimum Gasteiger partial charge on any atom is -0.462 e. The Morgan fingerprint density at radius 3 is 1.19 bits per heavy atom. The fourth-order valence-electron chi connectivity index (χ4n) is 16.0. The van der Waals surface area contributed by atoms with Crippen molar-refractivity contribution in [1.29, 1.82) is 21.0 Å². The van der Waals surface area contributed by atoms with Gasteiger partial charge in [0.05, 0.1) is 46.9 Å². The number of halogens is 3. The number of nitriles is 4. The predicted octanol–water partition coefficient (Wildman–Crippen LogP) is 17.0. The van der Waals surface area contributed by atoms with Gasteiger partial charge in [0.1, 0.15) is 56.2 Å². The van der Waals surface area contributed by atoms with E-state index in [1.807, 2.05) is 83.1 Å². The molecule has 124 heavy (non-hydrogen) atoms. The third-order valence-corrected chi connectivity index (χ3v) is 29.0. The van der Waals surface area contributed by atoms with Crippen LogP contribution in [0.15, 0.2) is 207 Å². The molecule has 23 nitrogen and oxygen atoms in total. The summed E-state index contributed by atoms with van der Waals surface area (Å²) in [6.45, 7) is 18.2. The summed E-state index contributed by atoms with van der Waals surface area (Å²) in [6.07, 6.45) is 4.98. The highest BCUT2D eigenvalue weighted by atomic mass is 35.5. The number of ether oxygens (including phenoxy) is 1. The van der Waals surface area contributed by atoms with Crippen molar-refractivity contribution in [3.05, 3.63) is 265 Å². The zero-order valence-corrected chi connectivity index (χ0v) is 74.3. The summed E-state index contributed by atoms with van der Waals surface area (Å²) in [7, 11) is 3.15. The third kappa shape index (κ3) is 17.8. The first-order valence-corrected chi connectivity index (χ1v) is 44.0. The van der Waals surface area contributed by atoms with Gasteiger partial charge in [-0.1, -0.05) is 129 Å². The number of guanidine groups is 4. The molecule has 4 amide bonds.